The van der Waals surface area contributed by atoms with Gasteiger partial charge in [0.2, 0.25) is 0 Å². The second-order valence-electron chi connectivity index (χ2n) is 8.57. The van der Waals surface area contributed by atoms with Gasteiger partial charge < -0.3 is 10.1 Å². The maximum Gasteiger partial charge on any atom is 0.0827 e. The smallest absolute Gasteiger partial charge is 0.0827 e. The summed E-state index contributed by atoms with van der Waals surface area (Å²) >= 11 is 0. The third-order valence-electron chi connectivity index (χ3n) is 6.05. The molecule has 122 valence electrons. The van der Waals surface area contributed by atoms with Crippen molar-refractivity contribution in [2.75, 3.05) is 26.2 Å². The Morgan fingerprint density at radius 2 is 1.86 bits per heavy atom. The van der Waals surface area contributed by atoms with Gasteiger partial charge in [-0.15, -0.1) is 0 Å². The van der Waals surface area contributed by atoms with Gasteiger partial charge in [0.25, 0.3) is 0 Å². The molecule has 21 heavy (non-hydrogen) atoms. The van der Waals surface area contributed by atoms with Crippen molar-refractivity contribution in [3.8, 4) is 0 Å². The zero-order valence-electron chi connectivity index (χ0n) is 14.2. The number of nitrogens with zero attached hydrogens (tertiary/aromatic N) is 1. The van der Waals surface area contributed by atoms with Gasteiger partial charge in [-0.1, -0.05) is 20.8 Å². The highest BCUT2D eigenvalue weighted by Crippen LogP contribution is 2.37. The first-order chi connectivity index (χ1) is 10.0. The normalized spacial score (nSPS) is 38.4. The number of hydrogen-bond acceptors (Lipinski definition) is 3. The fourth-order valence-corrected chi connectivity index (χ4v) is 4.47. The molecule has 0 aromatic rings. The minimum absolute atomic E-state index is 0.416. The average Bonchev–Trinajstić information content (AvgIpc) is 2.92. The van der Waals surface area contributed by atoms with Gasteiger partial charge >= 0.3 is 0 Å². The van der Waals surface area contributed by atoms with Crippen LogP contribution in [0.15, 0.2) is 0 Å². The summed E-state index contributed by atoms with van der Waals surface area (Å²) in [4.78, 5) is 2.65. The number of hydrogen-bond donors (Lipinski definition) is 1. The third kappa shape index (κ3) is 4.00. The molecule has 1 saturated carbocycles. The molecule has 2 atom stereocenters. The maximum absolute atomic E-state index is 6.05. The van der Waals surface area contributed by atoms with Crippen LogP contribution in [0, 0.1) is 11.3 Å². The summed E-state index contributed by atoms with van der Waals surface area (Å²) in [7, 11) is 0. The van der Waals surface area contributed by atoms with Crippen molar-refractivity contribution in [1.29, 1.82) is 0 Å². The minimum atomic E-state index is 0.416. The lowest BCUT2D eigenvalue weighted by atomic mass is 9.71. The summed E-state index contributed by atoms with van der Waals surface area (Å²) in [6, 6.07) is 1.45. The topological polar surface area (TPSA) is 24.5 Å². The maximum atomic E-state index is 6.05. The van der Waals surface area contributed by atoms with E-state index >= 15 is 0 Å². The van der Waals surface area contributed by atoms with Crippen LogP contribution in [0.3, 0.4) is 0 Å². The minimum Gasteiger partial charge on any atom is -0.374 e. The molecule has 2 aliphatic heterocycles. The third-order valence-corrected chi connectivity index (χ3v) is 6.05. The molecule has 0 aromatic heterocycles. The SMILES string of the molecule is CC(C)(C)C1CCC(NCC2CN3CCCC3CO2)CC1. The Morgan fingerprint density at radius 1 is 1.10 bits per heavy atom. The number of nitrogens with one attached hydrogen (secondary N) is 1. The van der Waals surface area contributed by atoms with Crippen LogP contribution in [-0.2, 0) is 4.74 Å². The van der Waals surface area contributed by atoms with E-state index in [9.17, 15) is 0 Å². The van der Waals surface area contributed by atoms with Crippen LogP contribution in [0.25, 0.3) is 0 Å². The highest BCUT2D eigenvalue weighted by Gasteiger charge is 2.33. The average molecular weight is 294 g/mol. The van der Waals surface area contributed by atoms with Gasteiger partial charge in [-0.25, -0.2) is 0 Å². The van der Waals surface area contributed by atoms with E-state index < -0.39 is 0 Å². The molecule has 3 fully saturated rings. The van der Waals surface area contributed by atoms with Gasteiger partial charge in [-0.05, 0) is 56.4 Å². The van der Waals surface area contributed by atoms with Crippen LogP contribution in [-0.4, -0.2) is 49.3 Å². The van der Waals surface area contributed by atoms with Crippen molar-refractivity contribution in [2.45, 2.75) is 77.5 Å². The predicted molar refractivity (Wildman–Crippen MR) is 87.5 cm³/mol. The molecule has 1 N–H and O–H groups in total. The van der Waals surface area contributed by atoms with E-state index in [1.54, 1.807) is 0 Å². The van der Waals surface area contributed by atoms with Crippen molar-refractivity contribution >= 4 is 0 Å². The molecular weight excluding hydrogens is 260 g/mol. The Morgan fingerprint density at radius 3 is 2.57 bits per heavy atom. The van der Waals surface area contributed by atoms with E-state index in [1.165, 1.54) is 45.1 Å². The van der Waals surface area contributed by atoms with Crippen LogP contribution < -0.4 is 5.32 Å². The molecular formula is C18H34N2O. The highest BCUT2D eigenvalue weighted by atomic mass is 16.5. The fraction of sp³-hybridized carbons (Fsp3) is 1.00. The first kappa shape index (κ1) is 15.8. The monoisotopic (exact) mass is 294 g/mol. The number of ether oxygens (including phenoxy) is 1. The molecule has 0 aromatic carbocycles. The van der Waals surface area contributed by atoms with Crippen LogP contribution in [0.2, 0.25) is 0 Å². The molecule has 1 aliphatic carbocycles. The van der Waals surface area contributed by atoms with Crippen molar-refractivity contribution in [2.24, 2.45) is 11.3 Å². The van der Waals surface area contributed by atoms with Crippen molar-refractivity contribution in [3.63, 3.8) is 0 Å². The predicted octanol–water partition coefficient (Wildman–Crippen LogP) is 3.04. The van der Waals surface area contributed by atoms with Crippen LogP contribution >= 0.6 is 0 Å². The number of fused-ring (bicyclic) bond motifs is 1. The van der Waals surface area contributed by atoms with Crippen LogP contribution in [0.4, 0.5) is 0 Å². The summed E-state index contributed by atoms with van der Waals surface area (Å²) in [6.45, 7) is 11.6. The molecule has 3 aliphatic rings. The van der Waals surface area contributed by atoms with E-state index in [2.05, 4.69) is 31.0 Å². The van der Waals surface area contributed by atoms with E-state index in [0.29, 0.717) is 11.5 Å². The Hall–Kier alpha value is -0.120. The Bertz CT molecular complexity index is 331. The molecule has 2 saturated heterocycles. The van der Waals surface area contributed by atoms with Gasteiger partial charge in [0.15, 0.2) is 0 Å². The lowest BCUT2D eigenvalue weighted by Crippen LogP contribution is -2.51. The van der Waals surface area contributed by atoms with Gasteiger partial charge in [-0.2, -0.15) is 0 Å². The summed E-state index contributed by atoms with van der Waals surface area (Å²) in [5.41, 5.74) is 0.488. The lowest BCUT2D eigenvalue weighted by molar-refractivity contribution is -0.0485. The van der Waals surface area contributed by atoms with Crippen molar-refractivity contribution in [3.05, 3.63) is 0 Å². The summed E-state index contributed by atoms with van der Waals surface area (Å²) in [5.74, 6) is 0.909. The van der Waals surface area contributed by atoms with E-state index in [1.807, 2.05) is 0 Å². The Kier molecular flexibility index (Phi) is 4.92. The van der Waals surface area contributed by atoms with Crippen LogP contribution in [0.5, 0.6) is 0 Å². The number of morpholine rings is 1. The molecule has 3 heteroatoms. The van der Waals surface area contributed by atoms with Gasteiger partial charge in [0.1, 0.15) is 0 Å². The van der Waals surface area contributed by atoms with Gasteiger partial charge in [0.05, 0.1) is 12.7 Å². The molecule has 2 heterocycles. The van der Waals surface area contributed by atoms with Crippen LogP contribution in [0.1, 0.15) is 59.3 Å². The quantitative estimate of drug-likeness (QED) is 0.866. The first-order valence-corrected chi connectivity index (χ1v) is 9.11. The van der Waals surface area contributed by atoms with E-state index in [4.69, 9.17) is 4.74 Å². The van der Waals surface area contributed by atoms with E-state index in [-0.39, 0.29) is 0 Å². The Balaban J connectivity index is 1.37. The van der Waals surface area contributed by atoms with Gasteiger partial charge in [0, 0.05) is 25.2 Å². The summed E-state index contributed by atoms with van der Waals surface area (Å²) < 4.78 is 6.05. The first-order valence-electron chi connectivity index (χ1n) is 9.11. The number of rotatable bonds is 3. The molecule has 2 unspecified atom stereocenters. The zero-order chi connectivity index (χ0) is 14.9. The van der Waals surface area contributed by atoms with E-state index in [0.717, 1.165) is 37.7 Å². The highest BCUT2D eigenvalue weighted by molar-refractivity contribution is 4.88. The fourth-order valence-electron chi connectivity index (χ4n) is 4.47. The molecule has 3 rings (SSSR count). The molecule has 0 radical (unpaired) electrons. The zero-order valence-corrected chi connectivity index (χ0v) is 14.2. The second-order valence-corrected chi connectivity index (χ2v) is 8.57. The summed E-state index contributed by atoms with van der Waals surface area (Å²) in [5, 5.41) is 3.79. The molecule has 3 nitrogen and oxygen atoms in total. The molecule has 0 spiro atoms. The summed E-state index contributed by atoms with van der Waals surface area (Å²) in [6.07, 6.45) is 8.60. The molecule has 0 amide bonds. The standard InChI is InChI=1S/C18H34N2O/c1-18(2,3)14-6-8-15(9-7-14)19-11-17-12-20-10-4-5-16(20)13-21-17/h14-17,19H,4-13H2,1-3H3. The molecule has 0 bridgehead atoms. The largest absolute Gasteiger partial charge is 0.374 e. The lowest BCUT2D eigenvalue weighted by Gasteiger charge is -2.39. The van der Waals surface area contributed by atoms with Crippen molar-refractivity contribution in [1.82, 2.24) is 10.2 Å². The van der Waals surface area contributed by atoms with Crippen molar-refractivity contribution < 1.29 is 4.74 Å². The second kappa shape index (κ2) is 6.55. The Labute approximate surface area is 130 Å². The van der Waals surface area contributed by atoms with Gasteiger partial charge in [-0.3, -0.25) is 4.90 Å².